The Morgan fingerprint density at radius 2 is 1.97 bits per heavy atom. The Hall–Kier alpha value is -2.51. The minimum atomic E-state index is -0.421. The maximum atomic E-state index is 11.8. The zero-order chi connectivity index (χ0) is 20.5. The van der Waals surface area contributed by atoms with E-state index in [0.29, 0.717) is 11.7 Å². The minimum absolute atomic E-state index is 0.320. The average Bonchev–Trinajstić information content (AvgIpc) is 3.46. The summed E-state index contributed by atoms with van der Waals surface area (Å²) in [6, 6.07) is 12.3. The monoisotopic (exact) mass is 422 g/mol. The SMILES string of the molecule is COC(=O)c1cccc(-c2ccc3nc(N4CC[C@@H](N5CCCCC5)C4)sc3c2)n1. The third-order valence-corrected chi connectivity index (χ3v) is 7.24. The van der Waals surface area contributed by atoms with Crippen molar-refractivity contribution in [1.29, 1.82) is 0 Å². The van der Waals surface area contributed by atoms with E-state index in [-0.39, 0.29) is 0 Å². The van der Waals surface area contributed by atoms with E-state index in [0.717, 1.165) is 39.7 Å². The number of thiazole rings is 1. The number of hydrogen-bond acceptors (Lipinski definition) is 7. The van der Waals surface area contributed by atoms with E-state index in [2.05, 4.69) is 26.9 Å². The van der Waals surface area contributed by atoms with Gasteiger partial charge in [0, 0.05) is 24.7 Å². The lowest BCUT2D eigenvalue weighted by Crippen LogP contribution is -2.40. The molecule has 3 aromatic rings. The van der Waals surface area contributed by atoms with Gasteiger partial charge in [-0.05, 0) is 56.6 Å². The van der Waals surface area contributed by atoms with Crippen LogP contribution in [0.3, 0.4) is 0 Å². The van der Waals surface area contributed by atoms with Crippen molar-refractivity contribution in [3.8, 4) is 11.3 Å². The molecule has 2 aromatic heterocycles. The molecule has 0 unspecified atom stereocenters. The van der Waals surface area contributed by atoms with Gasteiger partial charge < -0.3 is 9.64 Å². The molecule has 2 fully saturated rings. The van der Waals surface area contributed by atoms with E-state index in [4.69, 9.17) is 9.72 Å². The van der Waals surface area contributed by atoms with E-state index >= 15 is 0 Å². The first-order valence-electron chi connectivity index (χ1n) is 10.7. The number of piperidine rings is 1. The first kappa shape index (κ1) is 19.5. The molecule has 2 aliphatic heterocycles. The molecule has 2 saturated heterocycles. The quantitative estimate of drug-likeness (QED) is 0.587. The van der Waals surface area contributed by atoms with Crippen LogP contribution in [0.4, 0.5) is 5.13 Å². The van der Waals surface area contributed by atoms with Crippen LogP contribution < -0.4 is 4.90 Å². The Balaban J connectivity index is 1.36. The van der Waals surface area contributed by atoms with Gasteiger partial charge in [-0.25, -0.2) is 14.8 Å². The van der Waals surface area contributed by atoms with Crippen LogP contribution in [0.25, 0.3) is 21.5 Å². The highest BCUT2D eigenvalue weighted by atomic mass is 32.1. The molecule has 2 aliphatic rings. The largest absolute Gasteiger partial charge is 0.464 e. The summed E-state index contributed by atoms with van der Waals surface area (Å²) >= 11 is 1.74. The van der Waals surface area contributed by atoms with Crippen molar-refractivity contribution in [2.24, 2.45) is 0 Å². The van der Waals surface area contributed by atoms with Crippen LogP contribution in [-0.4, -0.2) is 60.2 Å². The number of carbonyl (C=O) groups is 1. The lowest BCUT2D eigenvalue weighted by molar-refractivity contribution is 0.0594. The van der Waals surface area contributed by atoms with Gasteiger partial charge in [-0.15, -0.1) is 0 Å². The maximum absolute atomic E-state index is 11.8. The summed E-state index contributed by atoms with van der Waals surface area (Å²) < 4.78 is 5.94. The van der Waals surface area contributed by atoms with E-state index in [9.17, 15) is 4.79 Å². The van der Waals surface area contributed by atoms with Crippen molar-refractivity contribution >= 4 is 32.7 Å². The second kappa shape index (κ2) is 8.32. The molecule has 0 saturated carbocycles. The topological polar surface area (TPSA) is 58.6 Å². The zero-order valence-electron chi connectivity index (χ0n) is 17.2. The van der Waals surface area contributed by atoms with Crippen LogP contribution in [0.2, 0.25) is 0 Å². The Morgan fingerprint density at radius 3 is 2.80 bits per heavy atom. The normalized spacial score (nSPS) is 20.0. The first-order chi connectivity index (χ1) is 14.7. The molecule has 1 atom stereocenters. The highest BCUT2D eigenvalue weighted by molar-refractivity contribution is 7.22. The molecule has 0 radical (unpaired) electrons. The van der Waals surface area contributed by atoms with Gasteiger partial charge in [-0.1, -0.05) is 29.9 Å². The zero-order valence-corrected chi connectivity index (χ0v) is 18.0. The predicted octanol–water partition coefficient (Wildman–Crippen LogP) is 4.21. The number of benzene rings is 1. The lowest BCUT2D eigenvalue weighted by Gasteiger charge is -2.32. The highest BCUT2D eigenvalue weighted by Gasteiger charge is 2.30. The number of methoxy groups -OCH3 is 1. The van der Waals surface area contributed by atoms with Gasteiger partial charge in [0.1, 0.15) is 5.69 Å². The summed E-state index contributed by atoms with van der Waals surface area (Å²) in [4.78, 5) is 26.3. The first-order valence-corrected chi connectivity index (χ1v) is 11.5. The van der Waals surface area contributed by atoms with Crippen molar-refractivity contribution in [3.63, 3.8) is 0 Å². The third kappa shape index (κ3) is 3.79. The number of anilines is 1. The molecular weight excluding hydrogens is 396 g/mol. The molecule has 4 heterocycles. The Morgan fingerprint density at radius 1 is 1.10 bits per heavy atom. The fraction of sp³-hybridized carbons (Fsp3) is 0.435. The number of likely N-dealkylation sites (tertiary alicyclic amines) is 1. The molecule has 0 N–H and O–H groups in total. The number of esters is 1. The fourth-order valence-corrected chi connectivity index (χ4v) is 5.56. The fourth-order valence-electron chi connectivity index (χ4n) is 4.52. The van der Waals surface area contributed by atoms with Gasteiger partial charge in [0.15, 0.2) is 5.13 Å². The number of hydrogen-bond donors (Lipinski definition) is 0. The highest BCUT2D eigenvalue weighted by Crippen LogP contribution is 2.34. The molecule has 5 rings (SSSR count). The predicted molar refractivity (Wildman–Crippen MR) is 120 cm³/mol. The summed E-state index contributed by atoms with van der Waals surface area (Å²) in [6.07, 6.45) is 5.28. The second-order valence-corrected chi connectivity index (χ2v) is 9.07. The number of ether oxygens (including phenoxy) is 1. The van der Waals surface area contributed by atoms with Crippen LogP contribution in [0.15, 0.2) is 36.4 Å². The third-order valence-electron chi connectivity index (χ3n) is 6.16. The molecule has 156 valence electrons. The summed E-state index contributed by atoms with van der Waals surface area (Å²) in [5, 5.41) is 1.11. The summed E-state index contributed by atoms with van der Waals surface area (Å²) in [7, 11) is 1.37. The summed E-state index contributed by atoms with van der Waals surface area (Å²) in [5.41, 5.74) is 3.09. The summed E-state index contributed by atoms with van der Waals surface area (Å²) in [5.74, 6) is -0.421. The van der Waals surface area contributed by atoms with Gasteiger partial charge in [-0.2, -0.15) is 0 Å². The van der Waals surface area contributed by atoms with E-state index in [1.54, 1.807) is 17.4 Å². The number of rotatable bonds is 4. The van der Waals surface area contributed by atoms with Crippen molar-refractivity contribution in [2.75, 3.05) is 38.2 Å². The maximum Gasteiger partial charge on any atom is 0.356 e. The molecule has 6 nitrogen and oxygen atoms in total. The molecule has 7 heteroatoms. The van der Waals surface area contributed by atoms with Gasteiger partial charge >= 0.3 is 5.97 Å². The van der Waals surface area contributed by atoms with Crippen LogP contribution in [0.1, 0.15) is 36.2 Å². The Bertz CT molecular complexity index is 1060. The van der Waals surface area contributed by atoms with Crippen LogP contribution >= 0.6 is 11.3 Å². The molecule has 1 aromatic carbocycles. The average molecular weight is 423 g/mol. The Labute approximate surface area is 180 Å². The van der Waals surface area contributed by atoms with Crippen molar-refractivity contribution in [2.45, 2.75) is 31.7 Å². The summed E-state index contributed by atoms with van der Waals surface area (Å²) in [6.45, 7) is 4.66. The molecule has 0 spiro atoms. The van der Waals surface area contributed by atoms with Gasteiger partial charge in [0.25, 0.3) is 0 Å². The molecule has 30 heavy (non-hydrogen) atoms. The molecule has 0 amide bonds. The molecule has 0 bridgehead atoms. The van der Waals surface area contributed by atoms with Gasteiger partial charge in [0.2, 0.25) is 0 Å². The number of fused-ring (bicyclic) bond motifs is 1. The number of pyridine rings is 1. The van der Waals surface area contributed by atoms with Crippen LogP contribution in [0, 0.1) is 0 Å². The van der Waals surface area contributed by atoms with Crippen molar-refractivity contribution in [3.05, 3.63) is 42.1 Å². The van der Waals surface area contributed by atoms with Crippen LogP contribution in [0.5, 0.6) is 0 Å². The molecule has 0 aliphatic carbocycles. The second-order valence-electron chi connectivity index (χ2n) is 8.06. The van der Waals surface area contributed by atoms with E-state index in [1.807, 2.05) is 18.2 Å². The van der Waals surface area contributed by atoms with Gasteiger partial charge in [0.05, 0.1) is 23.0 Å². The smallest absolute Gasteiger partial charge is 0.356 e. The number of aromatic nitrogens is 2. The standard InChI is InChI=1S/C23H26N4O2S/c1-29-22(28)20-7-5-6-18(24-20)16-8-9-19-21(14-16)30-23(25-19)27-13-10-17(15-27)26-11-3-2-4-12-26/h5-9,14,17H,2-4,10-13,15H2,1H3/t17-/m1/s1. The van der Waals surface area contributed by atoms with Crippen molar-refractivity contribution in [1.82, 2.24) is 14.9 Å². The van der Waals surface area contributed by atoms with Crippen molar-refractivity contribution < 1.29 is 9.53 Å². The Kier molecular flexibility index (Phi) is 5.39. The lowest BCUT2D eigenvalue weighted by atomic mass is 10.1. The van der Waals surface area contributed by atoms with Gasteiger partial charge in [-0.3, -0.25) is 4.90 Å². The minimum Gasteiger partial charge on any atom is -0.464 e. The van der Waals surface area contributed by atoms with Crippen LogP contribution in [-0.2, 0) is 4.74 Å². The number of carbonyl (C=O) groups excluding carboxylic acids is 1. The molecular formula is C23H26N4O2S. The van der Waals surface area contributed by atoms with E-state index in [1.165, 1.54) is 45.9 Å². The number of nitrogens with zero attached hydrogens (tertiary/aromatic N) is 4. The van der Waals surface area contributed by atoms with E-state index < -0.39 is 5.97 Å².